The summed E-state index contributed by atoms with van der Waals surface area (Å²) in [6, 6.07) is -0.308. The Hall–Kier alpha value is -1.63. The average Bonchev–Trinajstić information content (AvgIpc) is 2.44. The molecule has 7 nitrogen and oxygen atoms in total. The van der Waals surface area contributed by atoms with Crippen LogP contribution in [0.15, 0.2) is 0 Å². The third kappa shape index (κ3) is 2.19. The number of hydrazine groups is 1. The van der Waals surface area contributed by atoms with Crippen LogP contribution >= 0.6 is 0 Å². The highest BCUT2D eigenvalue weighted by molar-refractivity contribution is 6.35. The minimum Gasteiger partial charge on any atom is -0.344 e. The molecule has 0 aromatic heterocycles. The van der Waals surface area contributed by atoms with E-state index in [1.54, 1.807) is 12.5 Å². The van der Waals surface area contributed by atoms with Gasteiger partial charge in [-0.3, -0.25) is 19.8 Å². The van der Waals surface area contributed by atoms with Crippen LogP contribution in [0.3, 0.4) is 0 Å². The van der Waals surface area contributed by atoms with Crippen molar-refractivity contribution < 1.29 is 14.4 Å². The van der Waals surface area contributed by atoms with Gasteiger partial charge < -0.3 is 10.2 Å². The molecule has 1 aliphatic heterocycles. The zero-order chi connectivity index (χ0) is 10.7. The summed E-state index contributed by atoms with van der Waals surface area (Å²) in [4.78, 5) is 34.3. The Balaban J connectivity index is 2.43. The third-order valence-electron chi connectivity index (χ3n) is 2.01. The van der Waals surface area contributed by atoms with E-state index in [1.807, 2.05) is 0 Å². The molecular weight excluding hydrogens is 188 g/mol. The lowest BCUT2D eigenvalue weighted by molar-refractivity contribution is -0.139. The molecule has 0 aromatic rings. The van der Waals surface area contributed by atoms with Crippen LogP contribution in [0.25, 0.3) is 0 Å². The zero-order valence-electron chi connectivity index (χ0n) is 7.74. The third-order valence-corrected chi connectivity index (χ3v) is 2.01. The van der Waals surface area contributed by atoms with Gasteiger partial charge in [0.05, 0.1) is 6.04 Å². The molecule has 1 unspecified atom stereocenters. The smallest absolute Gasteiger partial charge is 0.323 e. The second-order valence-corrected chi connectivity index (χ2v) is 3.12. The molecule has 0 aromatic carbocycles. The van der Waals surface area contributed by atoms with E-state index in [9.17, 15) is 14.4 Å². The van der Waals surface area contributed by atoms with Gasteiger partial charge in [-0.05, 0) is 0 Å². The molecule has 7 heteroatoms. The quantitative estimate of drug-likeness (QED) is 0.186. The van der Waals surface area contributed by atoms with Crippen LogP contribution < -0.4 is 16.6 Å². The summed E-state index contributed by atoms with van der Waals surface area (Å²) in [5, 5.41) is 2.40. The Bertz CT molecular complexity index is 278. The van der Waals surface area contributed by atoms with E-state index >= 15 is 0 Å². The molecule has 3 amide bonds. The highest BCUT2D eigenvalue weighted by Crippen LogP contribution is 2.07. The summed E-state index contributed by atoms with van der Waals surface area (Å²) in [6.07, 6.45) is 0.222. The van der Waals surface area contributed by atoms with Gasteiger partial charge in [-0.15, -0.1) is 0 Å². The molecule has 1 heterocycles. The van der Waals surface area contributed by atoms with Crippen LogP contribution in [0.5, 0.6) is 0 Å². The van der Waals surface area contributed by atoms with Gasteiger partial charge in [-0.25, -0.2) is 5.84 Å². The molecule has 0 spiro atoms. The zero-order valence-corrected chi connectivity index (χ0v) is 7.74. The Morgan fingerprint density at radius 2 is 2.14 bits per heavy atom. The second-order valence-electron chi connectivity index (χ2n) is 3.12. The summed E-state index contributed by atoms with van der Waals surface area (Å²) in [5.74, 6) is 2.98. The van der Waals surface area contributed by atoms with Crippen molar-refractivity contribution in [2.75, 3.05) is 13.6 Å². The van der Waals surface area contributed by atoms with Crippen LogP contribution in [0.1, 0.15) is 6.42 Å². The predicted octanol–water partition coefficient (Wildman–Crippen LogP) is -2.68. The number of likely N-dealkylation sites (N-methyl/N-ethyl adjacent to an activating group) is 1. The molecule has 4 N–H and O–H groups in total. The minimum atomic E-state index is -0.910. The summed E-state index contributed by atoms with van der Waals surface area (Å²) >= 11 is 0. The summed E-state index contributed by atoms with van der Waals surface area (Å²) in [6.45, 7) is 0.419. The monoisotopic (exact) mass is 200 g/mol. The topological polar surface area (TPSA) is 105 Å². The second kappa shape index (κ2) is 4.05. The number of nitrogens with one attached hydrogen (secondary N) is 2. The van der Waals surface area contributed by atoms with Crippen molar-refractivity contribution in [2.24, 2.45) is 5.84 Å². The standard InChI is InChI=1S/C7H12N4O3/c1-11-3-4(2-5(11)12)9-6(13)7(14)10-8/h4H,2-3,8H2,1H3,(H,9,13)(H,10,14). The number of nitrogens with zero attached hydrogens (tertiary/aromatic N) is 1. The largest absolute Gasteiger partial charge is 0.344 e. The van der Waals surface area contributed by atoms with E-state index < -0.39 is 11.8 Å². The number of carbonyl (C=O) groups is 3. The first kappa shape index (κ1) is 10.5. The van der Waals surface area contributed by atoms with E-state index in [2.05, 4.69) is 5.32 Å². The fraction of sp³-hybridized carbons (Fsp3) is 0.571. The Kier molecular flexibility index (Phi) is 3.03. The van der Waals surface area contributed by atoms with E-state index in [1.165, 1.54) is 4.90 Å². The molecule has 14 heavy (non-hydrogen) atoms. The first-order valence-electron chi connectivity index (χ1n) is 4.10. The van der Waals surface area contributed by atoms with Crippen molar-refractivity contribution in [3.63, 3.8) is 0 Å². The van der Waals surface area contributed by atoms with E-state index in [-0.39, 0.29) is 18.4 Å². The van der Waals surface area contributed by atoms with Crippen molar-refractivity contribution in [2.45, 2.75) is 12.5 Å². The maximum atomic E-state index is 11.1. The maximum absolute atomic E-state index is 11.1. The molecule has 1 rings (SSSR count). The van der Waals surface area contributed by atoms with E-state index in [4.69, 9.17) is 5.84 Å². The summed E-state index contributed by atoms with van der Waals surface area (Å²) in [7, 11) is 1.64. The lowest BCUT2D eigenvalue weighted by atomic mass is 10.2. The number of hydrogen-bond acceptors (Lipinski definition) is 4. The molecule has 0 radical (unpaired) electrons. The number of hydrogen-bond donors (Lipinski definition) is 3. The highest BCUT2D eigenvalue weighted by Gasteiger charge is 2.29. The Labute approximate surface area is 80.6 Å². The molecule has 0 saturated carbocycles. The molecule has 1 atom stereocenters. The van der Waals surface area contributed by atoms with Gasteiger partial charge in [0.2, 0.25) is 5.91 Å². The van der Waals surface area contributed by atoms with Gasteiger partial charge in [0.25, 0.3) is 0 Å². The van der Waals surface area contributed by atoms with Gasteiger partial charge in [-0.1, -0.05) is 0 Å². The van der Waals surface area contributed by atoms with Crippen molar-refractivity contribution in [1.29, 1.82) is 0 Å². The summed E-state index contributed by atoms with van der Waals surface area (Å²) < 4.78 is 0. The van der Waals surface area contributed by atoms with Gasteiger partial charge in [0, 0.05) is 20.0 Å². The van der Waals surface area contributed by atoms with E-state index in [0.29, 0.717) is 6.54 Å². The van der Waals surface area contributed by atoms with Crippen molar-refractivity contribution in [3.8, 4) is 0 Å². The number of amides is 3. The number of rotatable bonds is 1. The van der Waals surface area contributed by atoms with Crippen molar-refractivity contribution >= 4 is 17.7 Å². The van der Waals surface area contributed by atoms with Gasteiger partial charge in [-0.2, -0.15) is 0 Å². The normalized spacial score (nSPS) is 20.9. The highest BCUT2D eigenvalue weighted by atomic mass is 16.2. The first-order chi connectivity index (χ1) is 6.54. The number of likely N-dealkylation sites (tertiary alicyclic amines) is 1. The lowest BCUT2D eigenvalue weighted by Crippen LogP contribution is -2.47. The molecule has 0 aliphatic carbocycles. The van der Waals surface area contributed by atoms with Crippen LogP contribution in [-0.4, -0.2) is 42.3 Å². The van der Waals surface area contributed by atoms with Gasteiger partial charge >= 0.3 is 11.8 Å². The van der Waals surface area contributed by atoms with Gasteiger partial charge in [0.1, 0.15) is 0 Å². The van der Waals surface area contributed by atoms with Crippen LogP contribution in [0, 0.1) is 0 Å². The van der Waals surface area contributed by atoms with Crippen LogP contribution in [0.2, 0.25) is 0 Å². The molecular formula is C7H12N4O3. The molecule has 0 bridgehead atoms. The number of nitrogens with two attached hydrogens (primary N) is 1. The number of carbonyl (C=O) groups excluding carboxylic acids is 3. The average molecular weight is 200 g/mol. The summed E-state index contributed by atoms with van der Waals surface area (Å²) in [5.41, 5.74) is 1.71. The van der Waals surface area contributed by atoms with E-state index in [0.717, 1.165) is 0 Å². The SMILES string of the molecule is CN1CC(NC(=O)C(=O)NN)CC1=O. The van der Waals surface area contributed by atoms with Gasteiger partial charge in [0.15, 0.2) is 0 Å². The first-order valence-corrected chi connectivity index (χ1v) is 4.10. The molecule has 1 saturated heterocycles. The Morgan fingerprint density at radius 1 is 1.50 bits per heavy atom. The maximum Gasteiger partial charge on any atom is 0.323 e. The van der Waals surface area contributed by atoms with Crippen LogP contribution in [-0.2, 0) is 14.4 Å². The fourth-order valence-corrected chi connectivity index (χ4v) is 1.28. The molecule has 1 aliphatic rings. The predicted molar refractivity (Wildman–Crippen MR) is 46.5 cm³/mol. The Morgan fingerprint density at radius 3 is 2.57 bits per heavy atom. The molecule has 78 valence electrons. The van der Waals surface area contributed by atoms with Crippen molar-refractivity contribution in [3.05, 3.63) is 0 Å². The lowest BCUT2D eigenvalue weighted by Gasteiger charge is -2.11. The van der Waals surface area contributed by atoms with Crippen molar-refractivity contribution in [1.82, 2.24) is 15.6 Å². The molecule has 1 fully saturated rings. The fourth-order valence-electron chi connectivity index (χ4n) is 1.28. The van der Waals surface area contributed by atoms with Crippen LogP contribution in [0.4, 0.5) is 0 Å². The minimum absolute atomic E-state index is 0.0524.